The van der Waals surface area contributed by atoms with Gasteiger partial charge in [-0.15, -0.1) is 0 Å². The van der Waals surface area contributed by atoms with Gasteiger partial charge in [0.25, 0.3) is 5.69 Å². The van der Waals surface area contributed by atoms with Gasteiger partial charge in [0, 0.05) is 24.2 Å². The summed E-state index contributed by atoms with van der Waals surface area (Å²) in [6, 6.07) is 3.38. The molecule has 6 heteroatoms. The normalized spacial score (nSPS) is 14.2. The van der Waals surface area contributed by atoms with Crippen LogP contribution in [0.1, 0.15) is 25.8 Å². The molecule has 0 aliphatic heterocycles. The molecule has 18 heavy (non-hydrogen) atoms. The Morgan fingerprint density at radius 2 is 2.17 bits per heavy atom. The van der Waals surface area contributed by atoms with Crippen molar-refractivity contribution in [3.8, 4) is 0 Å². The van der Waals surface area contributed by atoms with Gasteiger partial charge in [-0.1, -0.05) is 0 Å². The van der Waals surface area contributed by atoms with Gasteiger partial charge in [0.05, 0.1) is 11.0 Å². The number of nitro groups is 1. The lowest BCUT2D eigenvalue weighted by Crippen LogP contribution is -2.29. The first kappa shape index (κ1) is 14.5. The predicted octanol–water partition coefficient (Wildman–Crippen LogP) is 1.98. The van der Waals surface area contributed by atoms with Gasteiger partial charge in [0.1, 0.15) is 5.82 Å². The molecule has 0 amide bonds. The fourth-order valence-electron chi connectivity index (χ4n) is 1.75. The van der Waals surface area contributed by atoms with E-state index in [9.17, 15) is 19.6 Å². The van der Waals surface area contributed by atoms with E-state index in [0.29, 0.717) is 12.0 Å². The summed E-state index contributed by atoms with van der Waals surface area (Å²) in [6.07, 6.45) is 0.0818. The topological polar surface area (TPSA) is 75.4 Å². The number of nitro benzene ring substituents is 1. The van der Waals surface area contributed by atoms with E-state index in [1.165, 1.54) is 0 Å². The van der Waals surface area contributed by atoms with E-state index in [1.807, 2.05) is 6.92 Å². The minimum atomic E-state index is -0.532. The van der Waals surface area contributed by atoms with Crippen LogP contribution in [0, 0.1) is 15.9 Å². The van der Waals surface area contributed by atoms with Crippen LogP contribution in [0.15, 0.2) is 18.2 Å². The third-order valence-electron chi connectivity index (χ3n) is 2.57. The first-order chi connectivity index (χ1) is 8.40. The molecule has 0 aromatic heterocycles. The molecule has 0 aliphatic rings. The highest BCUT2D eigenvalue weighted by Gasteiger charge is 2.15. The zero-order chi connectivity index (χ0) is 13.7. The van der Waals surface area contributed by atoms with E-state index < -0.39 is 16.8 Å². The van der Waals surface area contributed by atoms with Gasteiger partial charge >= 0.3 is 0 Å². The molecule has 100 valence electrons. The van der Waals surface area contributed by atoms with Crippen molar-refractivity contribution in [1.82, 2.24) is 5.32 Å². The quantitative estimate of drug-likeness (QED) is 0.603. The van der Waals surface area contributed by atoms with Crippen LogP contribution in [0.4, 0.5) is 10.1 Å². The number of hydrogen-bond acceptors (Lipinski definition) is 4. The number of halogens is 1. The Bertz CT molecular complexity index is 424. The third-order valence-corrected chi connectivity index (χ3v) is 2.57. The van der Waals surface area contributed by atoms with Gasteiger partial charge < -0.3 is 10.4 Å². The predicted molar refractivity (Wildman–Crippen MR) is 65.7 cm³/mol. The highest BCUT2D eigenvalue weighted by atomic mass is 19.1. The molecule has 0 radical (unpaired) electrons. The largest absolute Gasteiger partial charge is 0.393 e. The second-order valence-corrected chi connectivity index (χ2v) is 4.40. The van der Waals surface area contributed by atoms with E-state index in [-0.39, 0.29) is 18.3 Å². The molecule has 0 saturated heterocycles. The van der Waals surface area contributed by atoms with Crippen LogP contribution < -0.4 is 5.32 Å². The van der Waals surface area contributed by atoms with Gasteiger partial charge in [0.15, 0.2) is 0 Å². The monoisotopic (exact) mass is 256 g/mol. The molecular formula is C12H17FN2O3. The maximum atomic E-state index is 13.1. The summed E-state index contributed by atoms with van der Waals surface area (Å²) in [7, 11) is 0. The van der Waals surface area contributed by atoms with Gasteiger partial charge in [-0.05, 0) is 32.4 Å². The number of aliphatic hydroxyl groups excluding tert-OH is 1. The van der Waals surface area contributed by atoms with E-state index >= 15 is 0 Å². The first-order valence-corrected chi connectivity index (χ1v) is 5.74. The van der Waals surface area contributed by atoms with Crippen LogP contribution in [0.5, 0.6) is 0 Å². The van der Waals surface area contributed by atoms with Crippen molar-refractivity contribution in [2.75, 3.05) is 0 Å². The highest BCUT2D eigenvalue weighted by Crippen LogP contribution is 2.19. The molecule has 0 saturated carbocycles. The first-order valence-electron chi connectivity index (χ1n) is 5.74. The number of rotatable bonds is 6. The van der Waals surface area contributed by atoms with Crippen LogP contribution in [0.2, 0.25) is 0 Å². The Hall–Kier alpha value is -1.53. The maximum Gasteiger partial charge on any atom is 0.274 e. The molecule has 2 atom stereocenters. The van der Waals surface area contributed by atoms with Crippen LogP contribution in [-0.2, 0) is 6.54 Å². The Morgan fingerprint density at radius 1 is 1.50 bits per heavy atom. The van der Waals surface area contributed by atoms with E-state index in [1.54, 1.807) is 6.92 Å². The van der Waals surface area contributed by atoms with Crippen LogP contribution >= 0.6 is 0 Å². The van der Waals surface area contributed by atoms with Crippen LogP contribution in [0.3, 0.4) is 0 Å². The van der Waals surface area contributed by atoms with Crippen molar-refractivity contribution in [1.29, 1.82) is 0 Å². The van der Waals surface area contributed by atoms with Crippen molar-refractivity contribution in [3.63, 3.8) is 0 Å². The molecule has 0 spiro atoms. The molecule has 1 rings (SSSR count). The Morgan fingerprint density at radius 3 is 2.72 bits per heavy atom. The van der Waals surface area contributed by atoms with Crippen molar-refractivity contribution in [2.24, 2.45) is 0 Å². The van der Waals surface area contributed by atoms with Gasteiger partial charge in [-0.3, -0.25) is 10.1 Å². The lowest BCUT2D eigenvalue weighted by molar-refractivity contribution is -0.385. The second kappa shape index (κ2) is 6.42. The van der Waals surface area contributed by atoms with Crippen molar-refractivity contribution >= 4 is 5.69 Å². The van der Waals surface area contributed by atoms with Crippen LogP contribution in [-0.4, -0.2) is 22.2 Å². The van der Waals surface area contributed by atoms with E-state index in [2.05, 4.69) is 5.32 Å². The Labute approximate surface area is 105 Å². The van der Waals surface area contributed by atoms with Gasteiger partial charge in [-0.25, -0.2) is 4.39 Å². The molecule has 0 bridgehead atoms. The molecule has 2 unspecified atom stereocenters. The molecule has 1 aromatic carbocycles. The summed E-state index contributed by atoms with van der Waals surface area (Å²) in [5.74, 6) is -0.499. The zero-order valence-electron chi connectivity index (χ0n) is 10.4. The second-order valence-electron chi connectivity index (χ2n) is 4.40. The molecular weight excluding hydrogens is 239 g/mol. The minimum Gasteiger partial charge on any atom is -0.393 e. The maximum absolute atomic E-state index is 13.1. The molecule has 2 N–H and O–H groups in total. The number of benzene rings is 1. The van der Waals surface area contributed by atoms with E-state index in [4.69, 9.17) is 0 Å². The average molecular weight is 256 g/mol. The summed E-state index contributed by atoms with van der Waals surface area (Å²) < 4.78 is 13.1. The number of hydrogen-bond donors (Lipinski definition) is 2. The summed E-state index contributed by atoms with van der Waals surface area (Å²) in [5.41, 5.74) is 0.200. The lowest BCUT2D eigenvalue weighted by atomic mass is 10.1. The molecule has 0 heterocycles. The SMILES string of the molecule is CC(O)CC(C)NCc1cc(F)ccc1[N+](=O)[O-]. The van der Waals surface area contributed by atoms with Gasteiger partial charge in [-0.2, -0.15) is 0 Å². The van der Waals surface area contributed by atoms with Gasteiger partial charge in [0.2, 0.25) is 0 Å². The summed E-state index contributed by atoms with van der Waals surface area (Å²) in [6.45, 7) is 3.72. The standard InChI is InChI=1S/C12H17FN2O3/c1-8(5-9(2)16)14-7-10-6-11(13)3-4-12(10)15(17)18/h3-4,6,8-9,14,16H,5,7H2,1-2H3. The van der Waals surface area contributed by atoms with Crippen molar-refractivity contribution < 1.29 is 14.4 Å². The summed E-state index contributed by atoms with van der Waals surface area (Å²) in [4.78, 5) is 10.2. The summed E-state index contributed by atoms with van der Waals surface area (Å²) in [5, 5.41) is 23.0. The van der Waals surface area contributed by atoms with Crippen molar-refractivity contribution in [2.45, 2.75) is 39.0 Å². The molecule has 0 fully saturated rings. The molecule has 5 nitrogen and oxygen atoms in total. The Balaban J connectivity index is 2.71. The number of aliphatic hydroxyl groups is 1. The Kier molecular flexibility index (Phi) is 5.18. The fraction of sp³-hybridized carbons (Fsp3) is 0.500. The average Bonchev–Trinajstić information content (AvgIpc) is 2.25. The fourth-order valence-corrected chi connectivity index (χ4v) is 1.75. The number of nitrogens with zero attached hydrogens (tertiary/aromatic N) is 1. The van der Waals surface area contributed by atoms with Crippen molar-refractivity contribution in [3.05, 3.63) is 39.7 Å². The molecule has 0 aliphatic carbocycles. The van der Waals surface area contributed by atoms with Crippen LogP contribution in [0.25, 0.3) is 0 Å². The summed E-state index contributed by atoms with van der Waals surface area (Å²) >= 11 is 0. The molecule has 1 aromatic rings. The number of nitrogens with one attached hydrogen (secondary N) is 1. The third kappa shape index (κ3) is 4.38. The highest BCUT2D eigenvalue weighted by molar-refractivity contribution is 5.40. The van der Waals surface area contributed by atoms with E-state index in [0.717, 1.165) is 18.2 Å². The zero-order valence-corrected chi connectivity index (χ0v) is 10.4. The lowest BCUT2D eigenvalue weighted by Gasteiger charge is -2.15. The minimum absolute atomic E-state index is 0.00660. The smallest absolute Gasteiger partial charge is 0.274 e.